The Morgan fingerprint density at radius 2 is 2.10 bits per heavy atom. The molecule has 0 atom stereocenters. The molecule has 0 unspecified atom stereocenters. The Hall–Kier alpha value is -1.30. The smallest absolute Gasteiger partial charge is 0.143 e. The fourth-order valence-corrected chi connectivity index (χ4v) is 2.72. The molecule has 0 aliphatic heterocycles. The van der Waals surface area contributed by atoms with Gasteiger partial charge in [0.05, 0.1) is 5.75 Å². The highest BCUT2D eigenvalue weighted by Gasteiger charge is 2.08. The number of anilines is 1. The molecule has 0 aliphatic carbocycles. The number of rotatable bonds is 5. The fraction of sp³-hybridized carbons (Fsp3) is 0.286. The average Bonchev–Trinajstić information content (AvgIpc) is 2.45. The van der Waals surface area contributed by atoms with Gasteiger partial charge < -0.3 is 5.43 Å². The Bertz CT molecular complexity index is 589. The molecular weight excluding hydrogens is 292 g/mol. The van der Waals surface area contributed by atoms with Crippen LogP contribution in [0.2, 0.25) is 5.02 Å². The molecule has 1 aromatic carbocycles. The van der Waals surface area contributed by atoms with E-state index in [4.69, 9.17) is 17.4 Å². The van der Waals surface area contributed by atoms with E-state index < -0.39 is 0 Å². The number of hydrogen-bond acceptors (Lipinski definition) is 5. The number of aromatic nitrogens is 2. The number of thioether (sulfide) groups is 1. The molecule has 0 radical (unpaired) electrons. The summed E-state index contributed by atoms with van der Waals surface area (Å²) in [5, 5.41) is 0.733. The summed E-state index contributed by atoms with van der Waals surface area (Å²) in [6.45, 7) is 4.19. The van der Waals surface area contributed by atoms with Crippen molar-refractivity contribution in [1.82, 2.24) is 9.97 Å². The molecule has 3 N–H and O–H groups in total. The highest BCUT2D eigenvalue weighted by atomic mass is 35.5. The van der Waals surface area contributed by atoms with E-state index in [2.05, 4.69) is 29.2 Å². The van der Waals surface area contributed by atoms with Crippen LogP contribution in [0.25, 0.3) is 0 Å². The molecule has 2 aromatic rings. The third kappa shape index (κ3) is 4.10. The van der Waals surface area contributed by atoms with Crippen molar-refractivity contribution in [2.75, 3.05) is 5.43 Å². The molecule has 4 nitrogen and oxygen atoms in total. The van der Waals surface area contributed by atoms with E-state index in [1.807, 2.05) is 30.3 Å². The van der Waals surface area contributed by atoms with Crippen LogP contribution in [0.5, 0.6) is 0 Å². The minimum atomic E-state index is 0.333. The first kappa shape index (κ1) is 15.1. The lowest BCUT2D eigenvalue weighted by Crippen LogP contribution is -2.11. The lowest BCUT2D eigenvalue weighted by Gasteiger charge is -2.10. The van der Waals surface area contributed by atoms with E-state index in [0.29, 0.717) is 17.5 Å². The van der Waals surface area contributed by atoms with E-state index in [9.17, 15) is 0 Å². The van der Waals surface area contributed by atoms with E-state index >= 15 is 0 Å². The summed E-state index contributed by atoms with van der Waals surface area (Å²) in [6, 6.07) is 9.62. The average molecular weight is 309 g/mol. The van der Waals surface area contributed by atoms with Crippen LogP contribution in [-0.2, 0) is 5.75 Å². The van der Waals surface area contributed by atoms with Gasteiger partial charge in [-0.1, -0.05) is 31.5 Å². The Kier molecular flexibility index (Phi) is 5.23. The molecule has 1 aromatic heterocycles. The van der Waals surface area contributed by atoms with Gasteiger partial charge in [0.25, 0.3) is 0 Å². The number of hydrazine groups is 1. The molecule has 0 amide bonds. The van der Waals surface area contributed by atoms with Crippen LogP contribution in [0.1, 0.15) is 31.3 Å². The van der Waals surface area contributed by atoms with Crippen molar-refractivity contribution in [3.63, 3.8) is 0 Å². The second-order valence-corrected chi connectivity index (χ2v) is 6.12. The van der Waals surface area contributed by atoms with Crippen molar-refractivity contribution in [3.8, 4) is 0 Å². The number of halogens is 1. The second-order valence-electron chi connectivity index (χ2n) is 4.64. The Balaban J connectivity index is 2.14. The molecule has 1 heterocycles. The van der Waals surface area contributed by atoms with Crippen molar-refractivity contribution in [2.45, 2.75) is 30.4 Å². The maximum Gasteiger partial charge on any atom is 0.143 e. The van der Waals surface area contributed by atoms with Crippen LogP contribution in [0.4, 0.5) is 5.82 Å². The summed E-state index contributed by atoms with van der Waals surface area (Å²) in [5.41, 5.74) is 3.57. The molecule has 0 saturated heterocycles. The zero-order chi connectivity index (χ0) is 14.5. The van der Waals surface area contributed by atoms with Gasteiger partial charge in [0.15, 0.2) is 0 Å². The molecule has 20 heavy (non-hydrogen) atoms. The lowest BCUT2D eigenvalue weighted by atomic mass is 10.1. The lowest BCUT2D eigenvalue weighted by molar-refractivity contribution is 0.800. The predicted molar refractivity (Wildman–Crippen MR) is 84.9 cm³/mol. The first-order valence-electron chi connectivity index (χ1n) is 6.31. The summed E-state index contributed by atoms with van der Waals surface area (Å²) in [4.78, 5) is 10.0. The summed E-state index contributed by atoms with van der Waals surface area (Å²) in [7, 11) is 0. The number of nitrogen functional groups attached to an aromatic ring is 1. The molecule has 6 heteroatoms. The molecular formula is C14H17ClN4S. The molecule has 2 rings (SSSR count). The topological polar surface area (TPSA) is 63.8 Å². The zero-order valence-corrected chi connectivity index (χ0v) is 13.0. The van der Waals surface area contributed by atoms with Crippen molar-refractivity contribution < 1.29 is 0 Å². The standard InChI is InChI=1S/C14H17ClN4S/c1-9(2)12-7-13(19-16)18-14(17-12)8-20-11-5-3-4-10(15)6-11/h3-7,9H,8,16H2,1-2H3,(H,17,18,19). The number of benzene rings is 1. The maximum absolute atomic E-state index is 5.97. The SMILES string of the molecule is CC(C)c1cc(NN)nc(CSc2cccc(Cl)c2)n1. The predicted octanol–water partition coefficient (Wildman–Crippen LogP) is 3.83. The largest absolute Gasteiger partial charge is 0.308 e. The molecule has 0 aliphatic rings. The minimum absolute atomic E-state index is 0.333. The van der Waals surface area contributed by atoms with Crippen LogP contribution in [-0.4, -0.2) is 9.97 Å². The number of nitrogens with zero attached hydrogens (tertiary/aromatic N) is 2. The Labute approximate surface area is 128 Å². The summed E-state index contributed by atoms with van der Waals surface area (Å²) in [5.74, 6) is 7.86. The van der Waals surface area contributed by atoms with Gasteiger partial charge >= 0.3 is 0 Å². The summed E-state index contributed by atoms with van der Waals surface area (Å²) >= 11 is 7.62. The Morgan fingerprint density at radius 3 is 2.75 bits per heavy atom. The van der Waals surface area contributed by atoms with Crippen molar-refractivity contribution in [2.24, 2.45) is 5.84 Å². The van der Waals surface area contributed by atoms with Crippen LogP contribution >= 0.6 is 23.4 Å². The van der Waals surface area contributed by atoms with E-state index in [0.717, 1.165) is 21.4 Å². The number of hydrogen-bond donors (Lipinski definition) is 2. The minimum Gasteiger partial charge on any atom is -0.308 e. The van der Waals surface area contributed by atoms with Crippen LogP contribution in [0, 0.1) is 0 Å². The van der Waals surface area contributed by atoms with E-state index in [-0.39, 0.29) is 0 Å². The number of nitrogens with one attached hydrogen (secondary N) is 1. The molecule has 0 saturated carbocycles. The van der Waals surface area contributed by atoms with Gasteiger partial charge in [-0.3, -0.25) is 0 Å². The van der Waals surface area contributed by atoms with Crippen LogP contribution < -0.4 is 11.3 Å². The van der Waals surface area contributed by atoms with Crippen LogP contribution in [0.3, 0.4) is 0 Å². The highest BCUT2D eigenvalue weighted by Crippen LogP contribution is 2.25. The molecule has 0 bridgehead atoms. The third-order valence-corrected chi connectivity index (χ3v) is 3.92. The van der Waals surface area contributed by atoms with E-state index in [1.54, 1.807) is 11.8 Å². The second kappa shape index (κ2) is 6.92. The first-order valence-corrected chi connectivity index (χ1v) is 7.67. The Morgan fingerprint density at radius 1 is 1.30 bits per heavy atom. The van der Waals surface area contributed by atoms with Gasteiger partial charge in [-0.15, -0.1) is 11.8 Å². The maximum atomic E-state index is 5.97. The van der Waals surface area contributed by atoms with Gasteiger partial charge in [-0.25, -0.2) is 15.8 Å². The van der Waals surface area contributed by atoms with E-state index in [1.165, 1.54) is 0 Å². The highest BCUT2D eigenvalue weighted by molar-refractivity contribution is 7.98. The van der Waals surface area contributed by atoms with Gasteiger partial charge in [0.1, 0.15) is 11.6 Å². The zero-order valence-electron chi connectivity index (χ0n) is 11.4. The van der Waals surface area contributed by atoms with Gasteiger partial charge in [0, 0.05) is 21.7 Å². The van der Waals surface area contributed by atoms with Crippen molar-refractivity contribution in [1.29, 1.82) is 0 Å². The first-order chi connectivity index (χ1) is 9.58. The van der Waals surface area contributed by atoms with Gasteiger partial charge in [-0.05, 0) is 24.1 Å². The fourth-order valence-electron chi connectivity index (χ4n) is 1.66. The normalized spacial score (nSPS) is 10.8. The van der Waals surface area contributed by atoms with Crippen molar-refractivity contribution >= 4 is 29.2 Å². The molecule has 106 valence electrons. The van der Waals surface area contributed by atoms with Gasteiger partial charge in [0.2, 0.25) is 0 Å². The van der Waals surface area contributed by atoms with Crippen molar-refractivity contribution in [3.05, 3.63) is 46.9 Å². The van der Waals surface area contributed by atoms with Gasteiger partial charge in [-0.2, -0.15) is 0 Å². The summed E-state index contributed by atoms with van der Waals surface area (Å²) in [6.07, 6.45) is 0. The molecule has 0 fully saturated rings. The monoisotopic (exact) mass is 308 g/mol. The quantitative estimate of drug-likeness (QED) is 0.499. The van der Waals surface area contributed by atoms with Crippen LogP contribution in [0.15, 0.2) is 35.2 Å². The summed E-state index contributed by atoms with van der Waals surface area (Å²) < 4.78 is 0. The third-order valence-electron chi connectivity index (χ3n) is 2.70. The molecule has 0 spiro atoms. The number of nitrogens with two attached hydrogens (primary N) is 1.